The molecule has 0 aliphatic carbocycles. The van der Waals surface area contributed by atoms with Gasteiger partial charge in [0.1, 0.15) is 42.9 Å². The van der Waals surface area contributed by atoms with E-state index in [0.717, 1.165) is 64.7 Å². The first-order valence-corrected chi connectivity index (χ1v) is 23.4. The Balaban J connectivity index is 0.735. The van der Waals surface area contributed by atoms with Gasteiger partial charge in [-0.2, -0.15) is 4.98 Å². The Hall–Kier alpha value is -5.50. The molecular weight excluding hydrogens is 867 g/mol. The van der Waals surface area contributed by atoms with Gasteiger partial charge in [-0.05, 0) is 47.7 Å². The summed E-state index contributed by atoms with van der Waals surface area (Å²) in [4.78, 5) is 58.5. The first-order valence-electron chi connectivity index (χ1n) is 22.5. The van der Waals surface area contributed by atoms with Crippen LogP contribution in [0.5, 0.6) is 11.5 Å². The van der Waals surface area contributed by atoms with Crippen LogP contribution in [0.2, 0.25) is 0 Å². The number of rotatable bonds is 23. The van der Waals surface area contributed by atoms with Gasteiger partial charge in [-0.1, -0.05) is 45.0 Å². The predicted octanol–water partition coefficient (Wildman–Crippen LogP) is 4.97. The van der Waals surface area contributed by atoms with Gasteiger partial charge in [-0.3, -0.25) is 19.4 Å². The third-order valence-electron chi connectivity index (χ3n) is 11.5. The van der Waals surface area contributed by atoms with Crippen LogP contribution in [0.4, 0.5) is 6.01 Å². The molecule has 0 spiro atoms. The number of hydrogen-bond acceptors (Lipinski definition) is 16. The molecule has 2 amide bonds. The van der Waals surface area contributed by atoms with Crippen molar-refractivity contribution in [2.45, 2.75) is 65.8 Å². The zero-order chi connectivity index (χ0) is 46.5. The number of anilines is 1. The van der Waals surface area contributed by atoms with Crippen LogP contribution in [0, 0.1) is 18.3 Å². The van der Waals surface area contributed by atoms with Gasteiger partial charge in [0.15, 0.2) is 11.4 Å². The second-order valence-electron chi connectivity index (χ2n) is 17.5. The second-order valence-corrected chi connectivity index (χ2v) is 18.4. The van der Waals surface area contributed by atoms with E-state index in [4.69, 9.17) is 28.1 Å². The summed E-state index contributed by atoms with van der Waals surface area (Å²) in [5, 5.41) is 16.8. The van der Waals surface area contributed by atoms with Crippen molar-refractivity contribution in [1.29, 1.82) is 0 Å². The van der Waals surface area contributed by atoms with Crippen molar-refractivity contribution in [3.63, 3.8) is 0 Å². The molecule has 17 nitrogen and oxygen atoms in total. The van der Waals surface area contributed by atoms with Crippen LogP contribution in [0.1, 0.15) is 50.6 Å². The number of aliphatic hydroxyl groups excluding tert-OH is 1. The van der Waals surface area contributed by atoms with Gasteiger partial charge in [0.25, 0.3) is 6.01 Å². The Labute approximate surface area is 389 Å². The third kappa shape index (κ3) is 13.5. The highest BCUT2D eigenvalue weighted by Gasteiger charge is 2.44. The number of hydrogen-bond donors (Lipinski definition) is 3. The molecule has 3 N–H and O–H groups in total. The summed E-state index contributed by atoms with van der Waals surface area (Å²) in [6.45, 7) is 13.4. The largest absolute Gasteiger partial charge is 0.490 e. The van der Waals surface area contributed by atoms with E-state index >= 15 is 0 Å². The van der Waals surface area contributed by atoms with Crippen LogP contribution in [0.25, 0.3) is 21.5 Å². The number of likely N-dealkylation sites (tertiary alicyclic amines) is 1. The lowest BCUT2D eigenvalue weighted by Crippen LogP contribution is -2.50. The highest BCUT2D eigenvalue weighted by atomic mass is 32.1. The van der Waals surface area contributed by atoms with Crippen molar-refractivity contribution in [3.8, 4) is 21.9 Å². The van der Waals surface area contributed by atoms with Crippen LogP contribution in [-0.2, 0) is 41.7 Å². The molecule has 3 atom stereocenters. The fourth-order valence-corrected chi connectivity index (χ4v) is 8.59. The summed E-state index contributed by atoms with van der Waals surface area (Å²) in [7, 11) is 0. The summed E-state index contributed by atoms with van der Waals surface area (Å²) in [5.41, 5.74) is 6.39. The fourth-order valence-electron chi connectivity index (χ4n) is 7.78. The molecule has 354 valence electrons. The highest BCUT2D eigenvalue weighted by Crippen LogP contribution is 2.34. The average Bonchev–Trinajstić information content (AvgIpc) is 4.06. The zero-order valence-corrected chi connectivity index (χ0v) is 39.0. The van der Waals surface area contributed by atoms with Crippen molar-refractivity contribution in [2.24, 2.45) is 11.3 Å². The molecule has 5 aromatic rings. The second kappa shape index (κ2) is 23.3. The van der Waals surface area contributed by atoms with Crippen molar-refractivity contribution in [1.82, 2.24) is 30.5 Å². The lowest BCUT2D eigenvalue weighted by Gasteiger charge is -2.34. The summed E-state index contributed by atoms with van der Waals surface area (Å²) in [6.07, 6.45) is 0.881. The monoisotopic (exact) mass is 927 g/mol. The number of benzene rings is 2. The minimum Gasteiger partial charge on any atom is -0.490 e. The van der Waals surface area contributed by atoms with Crippen molar-refractivity contribution < 1.29 is 47.6 Å². The smallest absolute Gasteiger partial charge is 0.298 e. The molecule has 7 rings (SSSR count). The number of carbonyl (C=O) groups excluding carboxylic acids is 3. The Morgan fingerprint density at radius 1 is 0.924 bits per heavy atom. The minimum absolute atomic E-state index is 0.0249. The number of nitrogens with zero attached hydrogens (tertiary/aromatic N) is 5. The van der Waals surface area contributed by atoms with Gasteiger partial charge < -0.3 is 53.6 Å². The minimum atomic E-state index is -0.843. The highest BCUT2D eigenvalue weighted by molar-refractivity contribution is 7.13. The molecule has 2 saturated heterocycles. The average molecular weight is 928 g/mol. The lowest BCUT2D eigenvalue weighted by molar-refractivity contribution is -0.146. The molecule has 2 aromatic carbocycles. The Morgan fingerprint density at radius 3 is 2.35 bits per heavy atom. The number of thiazole rings is 1. The number of Topliss-reactive ketones (excluding diaryl/α,β-unsaturated/α-hetero) is 1. The molecule has 0 radical (unpaired) electrons. The van der Waals surface area contributed by atoms with Gasteiger partial charge in [0.2, 0.25) is 11.8 Å². The first-order chi connectivity index (χ1) is 31.9. The summed E-state index contributed by atoms with van der Waals surface area (Å²) >= 11 is 1.58. The maximum Gasteiger partial charge on any atom is 0.298 e. The fraction of sp³-hybridized carbons (Fsp3) is 0.500. The number of piperazine rings is 1. The standard InChI is InChI=1S/C48H61N7O10S/c1-32-44(66-31-52-32)34-7-5-33(6-8-34)26-51-45(58)42-24-36(56)28-55(42)46(59)40(48(2,3)4)23-37(57)30-62-20-19-60-17-18-61-21-22-63-39-10-9-35(50-27-39)29-64-38-11-12-43-41(25-38)53-47(65-43)54-15-13-49-14-16-54/h5-12,25,27,31,36,40,42,49,56H,13-24,26,28-30H2,1-4H3,(H,51,58)/t36-,40-,42+/m1/s1. The van der Waals surface area contributed by atoms with Gasteiger partial charge in [-0.25, -0.2) is 4.98 Å². The number of pyridine rings is 1. The molecule has 66 heavy (non-hydrogen) atoms. The number of aromatic nitrogens is 3. The van der Waals surface area contributed by atoms with Crippen molar-refractivity contribution >= 4 is 46.0 Å². The number of amides is 2. The molecule has 2 aliphatic rings. The van der Waals surface area contributed by atoms with Crippen LogP contribution in [0.3, 0.4) is 0 Å². The maximum absolute atomic E-state index is 14.0. The Kier molecular flexibility index (Phi) is 17.1. The number of oxazole rings is 1. The van der Waals surface area contributed by atoms with Gasteiger partial charge in [-0.15, -0.1) is 11.3 Å². The number of aryl methyl sites for hydroxylation is 1. The number of fused-ring (bicyclic) bond motifs is 1. The van der Waals surface area contributed by atoms with E-state index in [2.05, 4.69) is 30.5 Å². The molecule has 5 heterocycles. The molecule has 0 bridgehead atoms. The zero-order valence-electron chi connectivity index (χ0n) is 38.2. The quantitative estimate of drug-likeness (QED) is 0.0742. The van der Waals surface area contributed by atoms with E-state index < -0.39 is 23.5 Å². The van der Waals surface area contributed by atoms with Crippen LogP contribution in [0.15, 0.2) is 70.7 Å². The van der Waals surface area contributed by atoms with Crippen LogP contribution < -0.4 is 25.0 Å². The van der Waals surface area contributed by atoms with Gasteiger partial charge in [0, 0.05) is 64.1 Å². The van der Waals surface area contributed by atoms with Crippen molar-refractivity contribution in [2.75, 3.05) is 83.9 Å². The summed E-state index contributed by atoms with van der Waals surface area (Å²) < 4.78 is 34.5. The van der Waals surface area contributed by atoms with Crippen molar-refractivity contribution in [3.05, 3.63) is 83.3 Å². The van der Waals surface area contributed by atoms with Crippen LogP contribution >= 0.6 is 11.3 Å². The van der Waals surface area contributed by atoms with E-state index in [1.807, 2.05) is 87.8 Å². The number of β-amino-alcohol motifs (C(OH)–C–C–N with tert-alkyl or cyclic N) is 1. The van der Waals surface area contributed by atoms with Gasteiger partial charge in [0.05, 0.1) is 67.1 Å². The van der Waals surface area contributed by atoms with E-state index in [-0.39, 0.29) is 63.3 Å². The molecular formula is C48H61N7O10S. The SMILES string of the molecule is Cc1ncsc1-c1ccc(CNC(=O)[C@@H]2C[C@@H](O)CN2C(=O)[C@@H](CC(=O)COCCOCCOCCOc2ccc(COc3ccc4oc(N5CCNCC5)nc4c3)nc2)C(C)(C)C)cc1. The Bertz CT molecular complexity index is 2340. The molecule has 2 fully saturated rings. The molecule has 0 unspecified atom stereocenters. The van der Waals surface area contributed by atoms with Crippen LogP contribution in [-0.4, -0.2) is 134 Å². The number of ketones is 1. The number of nitrogens with one attached hydrogen (secondary N) is 2. The topological polar surface area (TPSA) is 200 Å². The van der Waals surface area contributed by atoms with E-state index in [0.29, 0.717) is 50.5 Å². The summed E-state index contributed by atoms with van der Waals surface area (Å²) in [6, 6.07) is 17.0. The molecule has 3 aromatic heterocycles. The Morgan fingerprint density at radius 2 is 1.65 bits per heavy atom. The predicted molar refractivity (Wildman–Crippen MR) is 248 cm³/mol. The molecule has 18 heteroatoms. The number of aliphatic hydroxyl groups is 1. The van der Waals surface area contributed by atoms with E-state index in [1.54, 1.807) is 17.5 Å². The molecule has 2 aliphatic heterocycles. The van der Waals surface area contributed by atoms with Gasteiger partial charge >= 0.3 is 0 Å². The third-order valence-corrected chi connectivity index (χ3v) is 12.5. The molecule has 0 saturated carbocycles. The van der Waals surface area contributed by atoms with E-state index in [9.17, 15) is 19.5 Å². The first kappa shape index (κ1) is 48.4. The normalized spacial score (nSPS) is 17.0. The van der Waals surface area contributed by atoms with E-state index in [1.165, 1.54) is 4.90 Å². The summed E-state index contributed by atoms with van der Waals surface area (Å²) in [5.74, 6) is -0.324. The number of carbonyl (C=O) groups is 3. The maximum atomic E-state index is 14.0. The number of ether oxygens (including phenoxy) is 5. The lowest BCUT2D eigenvalue weighted by atomic mass is 9.77.